The second kappa shape index (κ2) is 5.48. The van der Waals surface area contributed by atoms with E-state index in [4.69, 9.17) is 4.74 Å². The molecule has 0 unspecified atom stereocenters. The van der Waals surface area contributed by atoms with Crippen LogP contribution in [0.3, 0.4) is 0 Å². The highest BCUT2D eigenvalue weighted by Crippen LogP contribution is 2.32. The minimum Gasteiger partial charge on any atom is -0.443 e. The van der Waals surface area contributed by atoms with Gasteiger partial charge in [0, 0.05) is 28.7 Å². The summed E-state index contributed by atoms with van der Waals surface area (Å²) in [6.07, 6.45) is 2.94. The lowest BCUT2D eigenvalue weighted by Crippen LogP contribution is -2.26. The zero-order valence-electron chi connectivity index (χ0n) is 12.3. The number of aromatic nitrogens is 3. The number of carbonyl (C=O) groups excluding carboxylic acids is 1. The number of ether oxygens (including phenoxy) is 1. The second-order valence-electron chi connectivity index (χ2n) is 5.75. The minimum atomic E-state index is -0.563. The van der Waals surface area contributed by atoms with E-state index in [1.807, 2.05) is 38.3 Å². The number of hydrogen-bond acceptors (Lipinski definition) is 5. The quantitative estimate of drug-likeness (QED) is 0.614. The van der Waals surface area contributed by atoms with Crippen molar-refractivity contribution in [2.24, 2.45) is 0 Å². The van der Waals surface area contributed by atoms with Crippen LogP contribution in [0.4, 0.5) is 4.79 Å². The largest absolute Gasteiger partial charge is 0.443 e. The molecule has 7 heteroatoms. The molecule has 0 atom stereocenters. The number of hydrogen-bond donors (Lipinski definition) is 0. The Morgan fingerprint density at radius 2 is 2.18 bits per heavy atom. The van der Waals surface area contributed by atoms with Crippen molar-refractivity contribution in [3.8, 4) is 11.3 Å². The monoisotopic (exact) mass is 379 g/mol. The fraction of sp³-hybridized carbons (Fsp3) is 0.267. The van der Waals surface area contributed by atoms with Gasteiger partial charge in [-0.3, -0.25) is 0 Å². The van der Waals surface area contributed by atoms with Crippen molar-refractivity contribution >= 4 is 44.4 Å². The van der Waals surface area contributed by atoms with Gasteiger partial charge in [-0.15, -0.1) is 11.3 Å². The van der Waals surface area contributed by atoms with Gasteiger partial charge < -0.3 is 4.74 Å². The number of carbonyl (C=O) groups is 1. The van der Waals surface area contributed by atoms with Gasteiger partial charge in [0.05, 0.1) is 5.69 Å². The summed E-state index contributed by atoms with van der Waals surface area (Å²) in [6.45, 7) is 5.51. The van der Waals surface area contributed by atoms with E-state index >= 15 is 0 Å². The summed E-state index contributed by atoms with van der Waals surface area (Å²) >= 11 is 4.86. The molecule has 0 fully saturated rings. The Morgan fingerprint density at radius 3 is 2.82 bits per heavy atom. The number of rotatable bonds is 1. The molecule has 114 valence electrons. The maximum absolute atomic E-state index is 12.4. The van der Waals surface area contributed by atoms with Crippen molar-refractivity contribution in [3.63, 3.8) is 0 Å². The number of nitrogens with zero attached hydrogens (tertiary/aromatic N) is 3. The molecule has 0 saturated heterocycles. The first-order chi connectivity index (χ1) is 10.3. The topological polar surface area (TPSA) is 57.0 Å². The van der Waals surface area contributed by atoms with Crippen molar-refractivity contribution in [1.29, 1.82) is 0 Å². The zero-order chi connectivity index (χ0) is 15.9. The fourth-order valence-electron chi connectivity index (χ4n) is 2.09. The molecule has 3 rings (SSSR count). The van der Waals surface area contributed by atoms with Gasteiger partial charge in [0.1, 0.15) is 11.2 Å². The Morgan fingerprint density at radius 1 is 1.41 bits per heavy atom. The molecule has 0 spiro atoms. The average Bonchev–Trinajstić information content (AvgIpc) is 3.00. The van der Waals surface area contributed by atoms with Crippen LogP contribution in [-0.4, -0.2) is 26.2 Å². The van der Waals surface area contributed by atoms with Crippen LogP contribution >= 0.6 is 27.3 Å². The van der Waals surface area contributed by atoms with E-state index in [9.17, 15) is 4.79 Å². The molecule has 3 aromatic rings. The lowest BCUT2D eigenvalue weighted by Gasteiger charge is -2.19. The lowest BCUT2D eigenvalue weighted by atomic mass is 10.2. The van der Waals surface area contributed by atoms with Gasteiger partial charge in [0.25, 0.3) is 0 Å². The van der Waals surface area contributed by atoms with Crippen LogP contribution in [-0.2, 0) is 4.74 Å². The molecule has 5 nitrogen and oxygen atoms in total. The van der Waals surface area contributed by atoms with Crippen LogP contribution in [0, 0.1) is 0 Å². The van der Waals surface area contributed by atoms with E-state index in [2.05, 4.69) is 25.9 Å². The summed E-state index contributed by atoms with van der Waals surface area (Å²) in [5, 5.41) is 2.80. The first-order valence-electron chi connectivity index (χ1n) is 6.66. The van der Waals surface area contributed by atoms with E-state index in [1.54, 1.807) is 12.4 Å². The molecule has 0 aromatic carbocycles. The Labute approximate surface area is 140 Å². The van der Waals surface area contributed by atoms with Crippen LogP contribution < -0.4 is 0 Å². The molecule has 22 heavy (non-hydrogen) atoms. The standard InChI is InChI=1S/C15H14BrN3O2S/c1-15(2,3)21-14(20)19-7-10(11-8-22-13(16)18-11)9-5-4-6-17-12(9)19/h4-8H,1-3H3. The molecule has 0 aliphatic carbocycles. The molecule has 0 bridgehead atoms. The Kier molecular flexibility index (Phi) is 3.78. The second-order valence-corrected chi connectivity index (χ2v) is 7.89. The van der Waals surface area contributed by atoms with Gasteiger partial charge in [-0.05, 0) is 48.8 Å². The third-order valence-electron chi connectivity index (χ3n) is 2.91. The normalized spacial score (nSPS) is 11.8. The van der Waals surface area contributed by atoms with Crippen LogP contribution in [0.15, 0.2) is 33.8 Å². The highest BCUT2D eigenvalue weighted by atomic mass is 79.9. The Hall–Kier alpha value is -1.73. The summed E-state index contributed by atoms with van der Waals surface area (Å²) in [4.78, 5) is 21.1. The van der Waals surface area contributed by atoms with E-state index in [0.29, 0.717) is 5.65 Å². The van der Waals surface area contributed by atoms with Crippen LogP contribution in [0.5, 0.6) is 0 Å². The van der Waals surface area contributed by atoms with Crippen LogP contribution in [0.25, 0.3) is 22.3 Å². The van der Waals surface area contributed by atoms with Crippen molar-refractivity contribution in [2.75, 3.05) is 0 Å². The van der Waals surface area contributed by atoms with Crippen molar-refractivity contribution in [3.05, 3.63) is 33.8 Å². The number of halogens is 1. The Bertz CT molecular complexity index is 848. The molecular weight excluding hydrogens is 366 g/mol. The predicted molar refractivity (Wildman–Crippen MR) is 90.2 cm³/mol. The highest BCUT2D eigenvalue weighted by Gasteiger charge is 2.22. The van der Waals surface area contributed by atoms with E-state index in [-0.39, 0.29) is 0 Å². The van der Waals surface area contributed by atoms with Crippen LogP contribution in [0.2, 0.25) is 0 Å². The molecule has 0 saturated carbocycles. The first-order valence-corrected chi connectivity index (χ1v) is 8.33. The maximum Gasteiger partial charge on any atom is 0.420 e. The maximum atomic E-state index is 12.4. The molecule has 0 aliphatic heterocycles. The van der Waals surface area contributed by atoms with Crippen molar-refractivity contribution in [2.45, 2.75) is 26.4 Å². The summed E-state index contributed by atoms with van der Waals surface area (Å²) in [5.74, 6) is 0. The van der Waals surface area contributed by atoms with Crippen molar-refractivity contribution < 1.29 is 9.53 Å². The van der Waals surface area contributed by atoms with Gasteiger partial charge in [0.15, 0.2) is 3.92 Å². The summed E-state index contributed by atoms with van der Waals surface area (Å²) in [7, 11) is 0. The Balaban J connectivity index is 2.14. The smallest absolute Gasteiger partial charge is 0.420 e. The molecule has 0 aliphatic rings. The fourth-order valence-corrected chi connectivity index (χ4v) is 3.10. The van der Waals surface area contributed by atoms with Crippen LogP contribution in [0.1, 0.15) is 20.8 Å². The van der Waals surface area contributed by atoms with Gasteiger partial charge >= 0.3 is 6.09 Å². The third-order valence-corrected chi connectivity index (χ3v) is 4.27. The minimum absolute atomic E-state index is 0.447. The SMILES string of the molecule is CC(C)(C)OC(=O)n1cc(-c2csc(Br)n2)c2cccnc21. The average molecular weight is 380 g/mol. The molecule has 3 aromatic heterocycles. The molecule has 0 amide bonds. The zero-order valence-corrected chi connectivity index (χ0v) is 14.7. The van der Waals surface area contributed by atoms with Gasteiger partial charge in [-0.1, -0.05) is 0 Å². The van der Waals surface area contributed by atoms with Crippen molar-refractivity contribution in [1.82, 2.24) is 14.5 Å². The van der Waals surface area contributed by atoms with Gasteiger partial charge in [0.2, 0.25) is 0 Å². The highest BCUT2D eigenvalue weighted by molar-refractivity contribution is 9.11. The number of pyridine rings is 1. The number of fused-ring (bicyclic) bond motifs is 1. The number of thiazole rings is 1. The molecule has 3 heterocycles. The van der Waals surface area contributed by atoms with Gasteiger partial charge in [-0.25, -0.2) is 19.3 Å². The first kappa shape index (κ1) is 15.2. The van der Waals surface area contributed by atoms with E-state index in [1.165, 1.54) is 15.9 Å². The molecular formula is C15H14BrN3O2S. The predicted octanol–water partition coefficient (Wildman–Crippen LogP) is 4.71. The molecule has 0 N–H and O–H groups in total. The lowest BCUT2D eigenvalue weighted by molar-refractivity contribution is 0.0544. The van der Waals surface area contributed by atoms with Gasteiger partial charge in [-0.2, -0.15) is 0 Å². The van der Waals surface area contributed by atoms with E-state index < -0.39 is 11.7 Å². The summed E-state index contributed by atoms with van der Waals surface area (Å²) < 4.78 is 7.67. The summed E-state index contributed by atoms with van der Waals surface area (Å²) in [5.41, 5.74) is 1.66. The van der Waals surface area contributed by atoms with E-state index in [0.717, 1.165) is 20.6 Å². The summed E-state index contributed by atoms with van der Waals surface area (Å²) in [6, 6.07) is 3.76. The molecule has 0 radical (unpaired) electrons. The third kappa shape index (κ3) is 2.91.